The normalized spacial score (nSPS) is 17.3. The molecular formula is C19H17BrN2O3. The molecule has 25 heavy (non-hydrogen) atoms. The van der Waals surface area contributed by atoms with Gasteiger partial charge in [0.2, 0.25) is 0 Å². The molecule has 128 valence electrons. The first-order valence-corrected chi connectivity index (χ1v) is 8.81. The molecular weight excluding hydrogens is 384 g/mol. The first-order chi connectivity index (χ1) is 12.1. The molecule has 2 aromatic rings. The Kier molecular flexibility index (Phi) is 5.28. The Bertz CT molecular complexity index is 790. The lowest BCUT2D eigenvalue weighted by Gasteiger charge is -2.33. The van der Waals surface area contributed by atoms with Crippen LogP contribution in [0, 0.1) is 0 Å². The van der Waals surface area contributed by atoms with Gasteiger partial charge in [0.1, 0.15) is 0 Å². The fraction of sp³-hybridized carbons (Fsp3) is 0.211. The van der Waals surface area contributed by atoms with Crippen molar-refractivity contribution in [2.45, 2.75) is 18.9 Å². The molecule has 1 aliphatic heterocycles. The molecule has 0 saturated carbocycles. The molecule has 0 spiro atoms. The number of halogens is 1. The second kappa shape index (κ2) is 7.61. The summed E-state index contributed by atoms with van der Waals surface area (Å²) in [5.74, 6) is -1.97. The molecule has 0 radical (unpaired) electrons. The lowest BCUT2D eigenvalue weighted by Crippen LogP contribution is -2.60. The number of piperazine rings is 1. The Balaban J connectivity index is 1.80. The Morgan fingerprint density at radius 2 is 1.76 bits per heavy atom. The number of rotatable bonds is 4. The average molecular weight is 401 g/mol. The molecule has 3 rings (SSSR count). The Morgan fingerprint density at radius 1 is 1.08 bits per heavy atom. The molecule has 1 heterocycles. The van der Waals surface area contributed by atoms with Gasteiger partial charge in [-0.25, -0.2) is 0 Å². The van der Waals surface area contributed by atoms with Crippen molar-refractivity contribution in [2.75, 3.05) is 6.54 Å². The van der Waals surface area contributed by atoms with E-state index in [4.69, 9.17) is 0 Å². The summed E-state index contributed by atoms with van der Waals surface area (Å²) in [6.45, 7) is 0.277. The van der Waals surface area contributed by atoms with E-state index in [1.807, 2.05) is 30.3 Å². The van der Waals surface area contributed by atoms with Crippen LogP contribution in [0.2, 0.25) is 0 Å². The lowest BCUT2D eigenvalue weighted by molar-refractivity contribution is -0.148. The van der Waals surface area contributed by atoms with E-state index in [1.54, 1.807) is 24.3 Å². The van der Waals surface area contributed by atoms with Crippen LogP contribution in [0.3, 0.4) is 0 Å². The monoisotopic (exact) mass is 400 g/mol. The second-order valence-electron chi connectivity index (χ2n) is 5.88. The van der Waals surface area contributed by atoms with Crippen molar-refractivity contribution in [3.05, 3.63) is 70.2 Å². The predicted molar refractivity (Wildman–Crippen MR) is 96.9 cm³/mol. The Labute approximate surface area is 154 Å². The van der Waals surface area contributed by atoms with Gasteiger partial charge in [-0.15, -0.1) is 0 Å². The van der Waals surface area contributed by atoms with Crippen LogP contribution in [0.25, 0.3) is 0 Å². The van der Waals surface area contributed by atoms with Gasteiger partial charge in [0.05, 0.1) is 6.04 Å². The number of nitrogens with one attached hydrogen (secondary N) is 1. The summed E-state index contributed by atoms with van der Waals surface area (Å²) in [7, 11) is 0. The zero-order valence-corrected chi connectivity index (χ0v) is 15.0. The summed E-state index contributed by atoms with van der Waals surface area (Å²) in [6, 6.07) is 16.2. The zero-order valence-electron chi connectivity index (χ0n) is 13.4. The number of hydrogen-bond acceptors (Lipinski definition) is 3. The lowest BCUT2D eigenvalue weighted by atomic mass is 10.0. The van der Waals surface area contributed by atoms with Gasteiger partial charge >= 0.3 is 11.8 Å². The third-order valence-corrected chi connectivity index (χ3v) is 4.72. The van der Waals surface area contributed by atoms with E-state index < -0.39 is 17.7 Å². The number of nitrogens with zero attached hydrogens (tertiary/aromatic N) is 1. The Morgan fingerprint density at radius 3 is 2.44 bits per heavy atom. The van der Waals surface area contributed by atoms with E-state index in [-0.39, 0.29) is 12.6 Å². The van der Waals surface area contributed by atoms with E-state index in [1.165, 1.54) is 0 Å². The van der Waals surface area contributed by atoms with Crippen molar-refractivity contribution in [3.63, 3.8) is 0 Å². The maximum atomic E-state index is 12.8. The molecule has 1 N–H and O–H groups in total. The van der Waals surface area contributed by atoms with Crippen LogP contribution >= 0.6 is 15.9 Å². The standard InChI is InChI=1S/C19H17BrN2O3/c20-15-9-7-14(8-10-15)18(24)22-16(12-21-17(23)19(22)25)11-6-13-4-2-1-3-5-13/h1-5,7-10,16H,6,11-12H2,(H,21,23). The van der Waals surface area contributed by atoms with Crippen LogP contribution < -0.4 is 5.32 Å². The minimum atomic E-state index is -0.794. The van der Waals surface area contributed by atoms with E-state index >= 15 is 0 Å². The van der Waals surface area contributed by atoms with Crippen molar-refractivity contribution >= 4 is 33.7 Å². The predicted octanol–water partition coefficient (Wildman–Crippen LogP) is 2.55. The molecule has 2 aromatic carbocycles. The van der Waals surface area contributed by atoms with E-state index in [2.05, 4.69) is 21.2 Å². The van der Waals surface area contributed by atoms with Gasteiger partial charge in [0.25, 0.3) is 5.91 Å². The number of carbonyl (C=O) groups is 3. The SMILES string of the molecule is O=C1NCC(CCc2ccccc2)N(C(=O)c2ccc(Br)cc2)C1=O. The third-order valence-electron chi connectivity index (χ3n) is 4.20. The number of amides is 3. The van der Waals surface area contributed by atoms with Gasteiger partial charge < -0.3 is 5.32 Å². The van der Waals surface area contributed by atoms with Crippen LogP contribution in [0.1, 0.15) is 22.3 Å². The maximum absolute atomic E-state index is 12.8. The average Bonchev–Trinajstić information content (AvgIpc) is 2.63. The molecule has 0 aromatic heterocycles. The van der Waals surface area contributed by atoms with Crippen LogP contribution in [0.5, 0.6) is 0 Å². The smallest absolute Gasteiger partial charge is 0.319 e. The summed E-state index contributed by atoms with van der Waals surface area (Å²) < 4.78 is 0.840. The molecule has 3 amide bonds. The van der Waals surface area contributed by atoms with Crippen molar-refractivity contribution in [2.24, 2.45) is 0 Å². The largest absolute Gasteiger partial charge is 0.346 e. The van der Waals surface area contributed by atoms with Gasteiger partial charge in [-0.05, 0) is 42.7 Å². The van der Waals surface area contributed by atoms with E-state index in [9.17, 15) is 14.4 Å². The minimum absolute atomic E-state index is 0.277. The van der Waals surface area contributed by atoms with Gasteiger partial charge in [0, 0.05) is 16.6 Å². The fourth-order valence-corrected chi connectivity index (χ4v) is 3.12. The zero-order chi connectivity index (χ0) is 17.8. The van der Waals surface area contributed by atoms with Gasteiger partial charge in [0.15, 0.2) is 0 Å². The number of hydrogen-bond donors (Lipinski definition) is 1. The summed E-state index contributed by atoms with van der Waals surface area (Å²) in [5, 5.41) is 2.57. The van der Waals surface area contributed by atoms with Crippen molar-refractivity contribution < 1.29 is 14.4 Å². The molecule has 5 nitrogen and oxygen atoms in total. The van der Waals surface area contributed by atoms with Crippen molar-refractivity contribution in [1.29, 1.82) is 0 Å². The van der Waals surface area contributed by atoms with Gasteiger partial charge in [-0.1, -0.05) is 46.3 Å². The highest BCUT2D eigenvalue weighted by atomic mass is 79.9. The van der Waals surface area contributed by atoms with Crippen LogP contribution in [0.4, 0.5) is 0 Å². The first kappa shape index (κ1) is 17.4. The van der Waals surface area contributed by atoms with Crippen LogP contribution in [-0.2, 0) is 16.0 Å². The van der Waals surface area contributed by atoms with Gasteiger partial charge in [-0.2, -0.15) is 0 Å². The number of imide groups is 1. The number of carbonyl (C=O) groups excluding carboxylic acids is 3. The molecule has 1 unspecified atom stereocenters. The minimum Gasteiger partial charge on any atom is -0.346 e. The fourth-order valence-electron chi connectivity index (χ4n) is 2.85. The van der Waals surface area contributed by atoms with E-state index in [0.29, 0.717) is 12.0 Å². The summed E-state index contributed by atoms with van der Waals surface area (Å²) in [6.07, 6.45) is 1.32. The maximum Gasteiger partial charge on any atom is 0.319 e. The molecule has 1 fully saturated rings. The molecule has 1 atom stereocenters. The quantitative estimate of drug-likeness (QED) is 0.633. The summed E-state index contributed by atoms with van der Waals surface area (Å²) >= 11 is 3.32. The van der Waals surface area contributed by atoms with Crippen molar-refractivity contribution in [1.82, 2.24) is 10.2 Å². The van der Waals surface area contributed by atoms with E-state index in [0.717, 1.165) is 21.4 Å². The highest BCUT2D eigenvalue weighted by Crippen LogP contribution is 2.18. The van der Waals surface area contributed by atoms with Crippen LogP contribution in [-0.4, -0.2) is 35.2 Å². The number of aryl methyl sites for hydroxylation is 1. The molecule has 0 aliphatic carbocycles. The number of benzene rings is 2. The molecule has 1 aliphatic rings. The molecule has 0 bridgehead atoms. The molecule has 6 heteroatoms. The summed E-state index contributed by atoms with van der Waals surface area (Å²) in [5.41, 5.74) is 1.51. The topological polar surface area (TPSA) is 66.5 Å². The molecule has 1 saturated heterocycles. The van der Waals surface area contributed by atoms with Crippen LogP contribution in [0.15, 0.2) is 59.1 Å². The Hall–Kier alpha value is -2.47. The van der Waals surface area contributed by atoms with Gasteiger partial charge in [-0.3, -0.25) is 19.3 Å². The van der Waals surface area contributed by atoms with Crippen molar-refractivity contribution in [3.8, 4) is 0 Å². The highest BCUT2D eigenvalue weighted by molar-refractivity contribution is 9.10. The third kappa shape index (κ3) is 3.96. The summed E-state index contributed by atoms with van der Waals surface area (Å²) in [4.78, 5) is 38.0. The second-order valence-corrected chi connectivity index (χ2v) is 6.79. The first-order valence-electron chi connectivity index (χ1n) is 8.01. The highest BCUT2D eigenvalue weighted by Gasteiger charge is 2.38.